The van der Waals surface area contributed by atoms with Gasteiger partial charge in [0.25, 0.3) is 0 Å². The average molecular weight is 289 g/mol. The summed E-state index contributed by atoms with van der Waals surface area (Å²) in [6.45, 7) is 1.89. The van der Waals surface area contributed by atoms with Crippen molar-refractivity contribution in [3.05, 3.63) is 70.7 Å². The topological polar surface area (TPSA) is 55.1 Å². The van der Waals surface area contributed by atoms with Crippen molar-refractivity contribution in [2.45, 2.75) is 19.0 Å². The minimum atomic E-state index is -0.680. The van der Waals surface area contributed by atoms with Crippen LogP contribution in [0.5, 0.6) is 0 Å². The van der Waals surface area contributed by atoms with Crippen molar-refractivity contribution in [3.63, 3.8) is 0 Å². The molecule has 0 saturated carbocycles. The first-order chi connectivity index (χ1) is 9.59. The van der Waals surface area contributed by atoms with Gasteiger partial charge in [0.15, 0.2) is 0 Å². The van der Waals surface area contributed by atoms with Crippen LogP contribution in [0.1, 0.15) is 30.1 Å². The van der Waals surface area contributed by atoms with E-state index in [-0.39, 0.29) is 11.9 Å². The Bertz CT molecular complexity index is 586. The molecule has 0 radical (unpaired) electrons. The molecule has 2 unspecified atom stereocenters. The van der Waals surface area contributed by atoms with Gasteiger partial charge in [0.1, 0.15) is 6.04 Å². The summed E-state index contributed by atoms with van der Waals surface area (Å²) >= 11 is 6.12. The van der Waals surface area contributed by atoms with E-state index in [1.54, 1.807) is 6.07 Å². The minimum absolute atomic E-state index is 0.189. The molecule has 2 aromatic rings. The molecule has 0 fully saturated rings. The van der Waals surface area contributed by atoms with Gasteiger partial charge in [-0.15, -0.1) is 0 Å². The molecule has 2 aromatic carbocycles. The second-order valence-electron chi connectivity index (χ2n) is 4.64. The highest BCUT2D eigenvalue weighted by Gasteiger charge is 2.18. The highest BCUT2D eigenvalue weighted by Crippen LogP contribution is 2.22. The zero-order chi connectivity index (χ0) is 14.5. The van der Waals surface area contributed by atoms with E-state index in [9.17, 15) is 4.79 Å². The van der Waals surface area contributed by atoms with Crippen LogP contribution in [0, 0.1) is 0 Å². The van der Waals surface area contributed by atoms with E-state index in [0.717, 1.165) is 11.1 Å². The lowest BCUT2D eigenvalue weighted by Gasteiger charge is -2.19. The summed E-state index contributed by atoms with van der Waals surface area (Å²) in [5, 5.41) is 3.52. The molecule has 0 saturated heterocycles. The fourth-order valence-electron chi connectivity index (χ4n) is 2.02. The quantitative estimate of drug-likeness (QED) is 0.907. The Morgan fingerprint density at radius 3 is 2.35 bits per heavy atom. The van der Waals surface area contributed by atoms with E-state index >= 15 is 0 Å². The number of carbonyl (C=O) groups excluding carboxylic acids is 1. The maximum absolute atomic E-state index is 12.2. The van der Waals surface area contributed by atoms with Crippen molar-refractivity contribution >= 4 is 17.5 Å². The molecular formula is C16H17ClN2O. The zero-order valence-corrected chi connectivity index (χ0v) is 12.0. The van der Waals surface area contributed by atoms with E-state index in [4.69, 9.17) is 17.3 Å². The number of rotatable bonds is 4. The van der Waals surface area contributed by atoms with Gasteiger partial charge in [0, 0.05) is 5.02 Å². The van der Waals surface area contributed by atoms with Gasteiger partial charge in [-0.05, 0) is 24.1 Å². The molecule has 104 valence electrons. The average Bonchev–Trinajstić information content (AvgIpc) is 2.47. The SMILES string of the molecule is CC(NC(=O)C(N)c1ccccc1)c1ccccc1Cl. The number of nitrogens with one attached hydrogen (secondary N) is 1. The molecule has 0 aromatic heterocycles. The molecular weight excluding hydrogens is 272 g/mol. The Kier molecular flexibility index (Phi) is 4.77. The summed E-state index contributed by atoms with van der Waals surface area (Å²) in [6.07, 6.45) is 0. The smallest absolute Gasteiger partial charge is 0.241 e. The Balaban J connectivity index is 2.07. The molecule has 2 atom stereocenters. The van der Waals surface area contributed by atoms with Crippen LogP contribution in [0.15, 0.2) is 54.6 Å². The van der Waals surface area contributed by atoms with E-state index in [1.807, 2.05) is 55.5 Å². The van der Waals surface area contributed by atoms with Crippen LogP contribution < -0.4 is 11.1 Å². The number of amides is 1. The van der Waals surface area contributed by atoms with Crippen LogP contribution in [0.4, 0.5) is 0 Å². The first kappa shape index (κ1) is 14.6. The van der Waals surface area contributed by atoms with Gasteiger partial charge in [-0.3, -0.25) is 4.79 Å². The lowest BCUT2D eigenvalue weighted by atomic mass is 10.1. The molecule has 1 amide bonds. The van der Waals surface area contributed by atoms with Gasteiger partial charge >= 0.3 is 0 Å². The number of hydrogen-bond acceptors (Lipinski definition) is 2. The number of hydrogen-bond donors (Lipinski definition) is 2. The second-order valence-corrected chi connectivity index (χ2v) is 5.05. The standard InChI is InChI=1S/C16H17ClN2O/c1-11(13-9-5-6-10-14(13)17)19-16(20)15(18)12-7-3-2-4-8-12/h2-11,15H,18H2,1H3,(H,19,20). The van der Waals surface area contributed by atoms with Gasteiger partial charge in [-0.25, -0.2) is 0 Å². The normalized spacial score (nSPS) is 13.6. The largest absolute Gasteiger partial charge is 0.348 e. The van der Waals surface area contributed by atoms with Crippen molar-refractivity contribution in [1.29, 1.82) is 0 Å². The Hall–Kier alpha value is -1.84. The highest BCUT2D eigenvalue weighted by atomic mass is 35.5. The van der Waals surface area contributed by atoms with Crippen LogP contribution in [0.2, 0.25) is 5.02 Å². The Morgan fingerprint density at radius 1 is 1.10 bits per heavy atom. The van der Waals surface area contributed by atoms with Crippen molar-refractivity contribution in [1.82, 2.24) is 5.32 Å². The summed E-state index contributed by atoms with van der Waals surface area (Å²) in [4.78, 5) is 12.2. The fourth-order valence-corrected chi connectivity index (χ4v) is 2.32. The predicted octanol–water partition coefficient (Wildman–Crippen LogP) is 3.22. The molecule has 20 heavy (non-hydrogen) atoms. The number of benzene rings is 2. The van der Waals surface area contributed by atoms with E-state index in [0.29, 0.717) is 5.02 Å². The van der Waals surface area contributed by atoms with Gasteiger partial charge in [0.05, 0.1) is 6.04 Å². The first-order valence-corrected chi connectivity index (χ1v) is 6.82. The van der Waals surface area contributed by atoms with Gasteiger partial charge < -0.3 is 11.1 Å². The van der Waals surface area contributed by atoms with Crippen molar-refractivity contribution in [3.8, 4) is 0 Å². The lowest BCUT2D eigenvalue weighted by molar-refractivity contribution is -0.123. The highest BCUT2D eigenvalue weighted by molar-refractivity contribution is 6.31. The molecule has 0 heterocycles. The first-order valence-electron chi connectivity index (χ1n) is 6.45. The van der Waals surface area contributed by atoms with Crippen molar-refractivity contribution in [2.75, 3.05) is 0 Å². The number of nitrogens with two attached hydrogens (primary N) is 1. The summed E-state index contributed by atoms with van der Waals surface area (Å²) in [5.41, 5.74) is 7.62. The lowest BCUT2D eigenvalue weighted by Crippen LogP contribution is -2.35. The maximum atomic E-state index is 12.2. The minimum Gasteiger partial charge on any atom is -0.348 e. The molecule has 2 rings (SSSR count). The molecule has 4 heteroatoms. The van der Waals surface area contributed by atoms with Crippen LogP contribution >= 0.6 is 11.6 Å². The Labute approximate surface area is 123 Å². The summed E-state index contributed by atoms with van der Waals surface area (Å²) < 4.78 is 0. The van der Waals surface area contributed by atoms with E-state index in [1.165, 1.54) is 0 Å². The molecule has 3 nitrogen and oxygen atoms in total. The monoisotopic (exact) mass is 288 g/mol. The third kappa shape index (κ3) is 3.38. The number of carbonyl (C=O) groups is 1. The second kappa shape index (κ2) is 6.55. The third-order valence-corrected chi connectivity index (χ3v) is 3.52. The summed E-state index contributed by atoms with van der Waals surface area (Å²) in [6, 6.07) is 15.9. The molecule has 3 N–H and O–H groups in total. The van der Waals surface area contributed by atoms with Gasteiger partial charge in [-0.1, -0.05) is 60.1 Å². The molecule has 0 aliphatic rings. The van der Waals surface area contributed by atoms with E-state index < -0.39 is 6.04 Å². The molecule has 0 spiro atoms. The van der Waals surface area contributed by atoms with E-state index in [2.05, 4.69) is 5.32 Å². The van der Waals surface area contributed by atoms with Gasteiger partial charge in [0.2, 0.25) is 5.91 Å². The molecule has 0 bridgehead atoms. The van der Waals surface area contributed by atoms with Crippen molar-refractivity contribution < 1.29 is 4.79 Å². The third-order valence-electron chi connectivity index (χ3n) is 3.17. The fraction of sp³-hybridized carbons (Fsp3) is 0.188. The number of halogens is 1. The van der Waals surface area contributed by atoms with Crippen LogP contribution in [-0.4, -0.2) is 5.91 Å². The maximum Gasteiger partial charge on any atom is 0.241 e. The molecule has 0 aliphatic heterocycles. The predicted molar refractivity (Wildman–Crippen MR) is 81.4 cm³/mol. The van der Waals surface area contributed by atoms with Crippen molar-refractivity contribution in [2.24, 2.45) is 5.73 Å². The molecule has 0 aliphatic carbocycles. The van der Waals surface area contributed by atoms with Crippen LogP contribution in [0.25, 0.3) is 0 Å². The van der Waals surface area contributed by atoms with Crippen LogP contribution in [-0.2, 0) is 4.79 Å². The van der Waals surface area contributed by atoms with Gasteiger partial charge in [-0.2, -0.15) is 0 Å². The zero-order valence-electron chi connectivity index (χ0n) is 11.2. The summed E-state index contributed by atoms with van der Waals surface area (Å²) in [7, 11) is 0. The Morgan fingerprint density at radius 2 is 1.70 bits per heavy atom. The van der Waals surface area contributed by atoms with Crippen LogP contribution in [0.3, 0.4) is 0 Å². The summed E-state index contributed by atoms with van der Waals surface area (Å²) in [5.74, 6) is -0.219.